The number of ether oxygens (including phenoxy) is 1. The summed E-state index contributed by atoms with van der Waals surface area (Å²) < 4.78 is 44.3. The van der Waals surface area contributed by atoms with Gasteiger partial charge >= 0.3 is 0 Å². The molecule has 7 nitrogen and oxygen atoms in total. The van der Waals surface area contributed by atoms with Crippen LogP contribution in [0.3, 0.4) is 0 Å². The fourth-order valence-electron chi connectivity index (χ4n) is 2.82. The third-order valence-electron chi connectivity index (χ3n) is 3.91. The van der Waals surface area contributed by atoms with Gasteiger partial charge in [0.15, 0.2) is 12.7 Å². The van der Waals surface area contributed by atoms with Crippen LogP contribution in [0, 0.1) is 10.2 Å². The van der Waals surface area contributed by atoms with Crippen molar-refractivity contribution in [1.82, 2.24) is 4.68 Å². The Morgan fingerprint density at radius 3 is 1.78 bits per heavy atom. The Balaban J connectivity index is 0.000000465. The van der Waals surface area contributed by atoms with Gasteiger partial charge in [0.1, 0.15) is 0 Å². The Morgan fingerprint density at radius 2 is 1.33 bits per heavy atom. The molecule has 3 aromatic rings. The quantitative estimate of drug-likeness (QED) is 0.519. The standard InChI is InChI=1S/C19H21N2O.ClHO4/c1-4-22-19-17(15-11-7-5-8-12-15)20(2)21(3)18(19)16-13-9-6-10-14-16;2-1(3,4)5/h5-14H,4H2,1-3H3;(H,2,3,4,5)/q+1;/p-1. The summed E-state index contributed by atoms with van der Waals surface area (Å²) in [7, 11) is -0.811. The van der Waals surface area contributed by atoms with Crippen LogP contribution in [-0.2, 0) is 14.1 Å². The summed E-state index contributed by atoms with van der Waals surface area (Å²) in [6.45, 7) is 2.67. The highest BCUT2D eigenvalue weighted by Gasteiger charge is 2.29. The summed E-state index contributed by atoms with van der Waals surface area (Å²) in [4.78, 5) is 0. The molecule has 1 aromatic heterocycles. The van der Waals surface area contributed by atoms with E-state index in [1.807, 2.05) is 19.1 Å². The molecular weight excluding hydrogens is 372 g/mol. The van der Waals surface area contributed by atoms with Crippen molar-refractivity contribution < 1.29 is 38.3 Å². The number of halogens is 1. The van der Waals surface area contributed by atoms with E-state index in [1.54, 1.807) is 0 Å². The number of nitrogens with zero attached hydrogens (tertiary/aromatic N) is 2. The van der Waals surface area contributed by atoms with Gasteiger partial charge in [-0.25, -0.2) is 18.6 Å². The predicted molar refractivity (Wildman–Crippen MR) is 88.6 cm³/mol. The second kappa shape index (κ2) is 8.98. The molecule has 3 rings (SSSR count). The number of hydrogen-bond acceptors (Lipinski definition) is 5. The summed E-state index contributed by atoms with van der Waals surface area (Å²) in [5.41, 5.74) is 4.52. The first-order valence-corrected chi connectivity index (χ1v) is 9.41. The molecule has 0 aliphatic carbocycles. The SMILES string of the molecule is CCOc1c(-c2ccccc2)n(C)[n+](C)c1-c1ccccc1.[O-][Cl+3]([O-])([O-])[O-]. The van der Waals surface area contributed by atoms with E-state index in [0.717, 1.165) is 28.3 Å². The average Bonchev–Trinajstić information content (AvgIpc) is 2.86. The number of benzene rings is 2. The topological polar surface area (TPSA) is 110 Å². The van der Waals surface area contributed by atoms with Crippen LogP contribution in [0.15, 0.2) is 60.7 Å². The molecule has 27 heavy (non-hydrogen) atoms. The van der Waals surface area contributed by atoms with Gasteiger partial charge in [-0.3, -0.25) is 0 Å². The lowest BCUT2D eigenvalue weighted by Crippen LogP contribution is -2.68. The Morgan fingerprint density at radius 1 is 0.889 bits per heavy atom. The van der Waals surface area contributed by atoms with Crippen LogP contribution >= 0.6 is 0 Å². The van der Waals surface area contributed by atoms with Crippen molar-refractivity contribution in [3.8, 4) is 28.3 Å². The molecular formula is C19H21ClN2O5. The van der Waals surface area contributed by atoms with E-state index in [1.165, 1.54) is 0 Å². The van der Waals surface area contributed by atoms with Crippen molar-refractivity contribution in [3.63, 3.8) is 0 Å². The Kier molecular flexibility index (Phi) is 6.95. The normalized spacial score (nSPS) is 10.9. The Hall–Kier alpha value is -2.42. The van der Waals surface area contributed by atoms with E-state index >= 15 is 0 Å². The Bertz CT molecular complexity index is 792. The molecule has 1 heterocycles. The molecule has 0 fully saturated rings. The second-order valence-corrected chi connectivity index (χ2v) is 6.37. The average molecular weight is 393 g/mol. The summed E-state index contributed by atoms with van der Waals surface area (Å²) >= 11 is 0. The van der Waals surface area contributed by atoms with Crippen LogP contribution in [0.1, 0.15) is 6.92 Å². The van der Waals surface area contributed by atoms with Gasteiger partial charge in [0, 0.05) is 5.56 Å². The molecule has 0 radical (unpaired) electrons. The number of rotatable bonds is 4. The first-order chi connectivity index (χ1) is 12.7. The largest absolute Gasteiger partial charge is 0.486 e. The third-order valence-corrected chi connectivity index (χ3v) is 3.91. The van der Waals surface area contributed by atoms with Gasteiger partial charge in [0.2, 0.25) is 5.75 Å². The van der Waals surface area contributed by atoms with Crippen LogP contribution < -0.4 is 28.1 Å². The highest BCUT2D eigenvalue weighted by molar-refractivity contribution is 5.76. The number of aromatic nitrogens is 2. The predicted octanol–water partition coefficient (Wildman–Crippen LogP) is -1.17. The van der Waals surface area contributed by atoms with Crippen molar-refractivity contribution in [2.75, 3.05) is 6.61 Å². The fourth-order valence-corrected chi connectivity index (χ4v) is 2.82. The zero-order valence-electron chi connectivity index (χ0n) is 15.3. The summed E-state index contributed by atoms with van der Waals surface area (Å²) in [6.07, 6.45) is 0. The highest BCUT2D eigenvalue weighted by atomic mass is 35.7. The van der Waals surface area contributed by atoms with Crippen molar-refractivity contribution in [3.05, 3.63) is 60.7 Å². The van der Waals surface area contributed by atoms with Gasteiger partial charge in [-0.05, 0) is 19.1 Å². The van der Waals surface area contributed by atoms with Gasteiger partial charge in [-0.1, -0.05) is 48.5 Å². The summed E-state index contributed by atoms with van der Waals surface area (Å²) in [5.74, 6) is 0.935. The second-order valence-electron chi connectivity index (χ2n) is 5.62. The minimum Gasteiger partial charge on any atom is -0.486 e. The van der Waals surface area contributed by atoms with Gasteiger partial charge in [-0.15, -0.1) is 14.9 Å². The van der Waals surface area contributed by atoms with Crippen molar-refractivity contribution >= 4 is 0 Å². The molecule has 0 spiro atoms. The molecule has 0 aliphatic rings. The Labute approximate surface area is 160 Å². The van der Waals surface area contributed by atoms with E-state index in [2.05, 4.69) is 72.0 Å². The van der Waals surface area contributed by atoms with Crippen molar-refractivity contribution in [2.45, 2.75) is 6.92 Å². The van der Waals surface area contributed by atoms with E-state index in [0.29, 0.717) is 6.61 Å². The molecule has 0 saturated carbocycles. The zero-order chi connectivity index (χ0) is 20.0. The van der Waals surface area contributed by atoms with Gasteiger partial charge < -0.3 is 4.74 Å². The lowest BCUT2D eigenvalue weighted by molar-refractivity contribution is -2.00. The maximum absolute atomic E-state index is 8.49. The minimum absolute atomic E-state index is 0.643. The lowest BCUT2D eigenvalue weighted by atomic mass is 10.1. The lowest BCUT2D eigenvalue weighted by Gasteiger charge is -2.17. The van der Waals surface area contributed by atoms with E-state index in [9.17, 15) is 0 Å². The molecule has 0 unspecified atom stereocenters. The van der Waals surface area contributed by atoms with Crippen LogP contribution in [0.25, 0.3) is 22.5 Å². The van der Waals surface area contributed by atoms with Crippen LogP contribution in [-0.4, -0.2) is 11.3 Å². The molecule has 144 valence electrons. The highest BCUT2D eigenvalue weighted by Crippen LogP contribution is 2.37. The first kappa shape index (κ1) is 20.9. The molecule has 0 aliphatic heterocycles. The molecule has 2 aromatic carbocycles. The van der Waals surface area contributed by atoms with E-state index in [4.69, 9.17) is 23.4 Å². The molecule has 0 amide bonds. The molecule has 8 heteroatoms. The first-order valence-electron chi connectivity index (χ1n) is 8.18. The van der Waals surface area contributed by atoms with Crippen molar-refractivity contribution in [2.24, 2.45) is 14.1 Å². The van der Waals surface area contributed by atoms with Crippen LogP contribution in [0.2, 0.25) is 0 Å². The van der Waals surface area contributed by atoms with E-state index < -0.39 is 10.2 Å². The fraction of sp³-hybridized carbons (Fsp3) is 0.211. The third kappa shape index (κ3) is 5.53. The molecule has 0 atom stereocenters. The summed E-state index contributed by atoms with van der Waals surface area (Å²) in [5, 5.41) is 0. The monoisotopic (exact) mass is 392 g/mol. The van der Waals surface area contributed by atoms with Crippen LogP contribution in [0.5, 0.6) is 5.75 Å². The van der Waals surface area contributed by atoms with E-state index in [-0.39, 0.29) is 0 Å². The maximum Gasteiger partial charge on any atom is 0.280 e. The molecule has 0 N–H and O–H groups in total. The van der Waals surface area contributed by atoms with Crippen molar-refractivity contribution in [1.29, 1.82) is 0 Å². The van der Waals surface area contributed by atoms with Gasteiger partial charge in [-0.2, -0.15) is 4.68 Å². The molecule has 0 bridgehead atoms. The molecule has 0 saturated heterocycles. The smallest absolute Gasteiger partial charge is 0.280 e. The van der Waals surface area contributed by atoms with Gasteiger partial charge in [0.05, 0.1) is 19.2 Å². The maximum atomic E-state index is 8.49. The summed E-state index contributed by atoms with van der Waals surface area (Å²) in [6, 6.07) is 20.8. The van der Waals surface area contributed by atoms with Crippen LogP contribution in [0.4, 0.5) is 0 Å². The van der Waals surface area contributed by atoms with Gasteiger partial charge in [0.25, 0.3) is 5.69 Å². The minimum atomic E-state index is -4.94. The zero-order valence-corrected chi connectivity index (χ0v) is 16.1. The number of hydrogen-bond donors (Lipinski definition) is 0.